The second-order valence-electron chi connectivity index (χ2n) is 5.60. The van der Waals surface area contributed by atoms with Crippen molar-refractivity contribution in [3.8, 4) is 0 Å². The zero-order valence-electron chi connectivity index (χ0n) is 11.4. The highest BCUT2D eigenvalue weighted by Gasteiger charge is 2.31. The summed E-state index contributed by atoms with van der Waals surface area (Å²) < 4.78 is 5.26. The Bertz CT molecular complexity index is 308. The Morgan fingerprint density at radius 1 is 1.33 bits per heavy atom. The number of carboxylic acid groups (broad SMARTS) is 1. The van der Waals surface area contributed by atoms with Gasteiger partial charge in [-0.1, -0.05) is 0 Å². The smallest absolute Gasteiger partial charge is 0.305 e. The van der Waals surface area contributed by atoms with Gasteiger partial charge in [0, 0.05) is 32.2 Å². The lowest BCUT2D eigenvalue weighted by molar-refractivity contribution is -0.143. The predicted octanol–water partition coefficient (Wildman–Crippen LogP) is 1.51. The molecule has 1 aliphatic rings. The summed E-state index contributed by atoms with van der Waals surface area (Å²) >= 11 is 0. The molecule has 5 heteroatoms. The maximum atomic E-state index is 12.1. The van der Waals surface area contributed by atoms with Gasteiger partial charge in [-0.2, -0.15) is 0 Å². The third-order valence-electron chi connectivity index (χ3n) is 3.67. The highest BCUT2D eigenvalue weighted by Crippen LogP contribution is 2.23. The molecule has 1 fully saturated rings. The molecular formula is C13H23NO4. The SMILES string of the molecule is CN(C(=O)CC1CCOCC1)C(C)(C)CC(=O)O. The topological polar surface area (TPSA) is 66.8 Å². The second kappa shape index (κ2) is 6.18. The number of carbonyl (C=O) groups is 2. The third-order valence-corrected chi connectivity index (χ3v) is 3.67. The number of carbonyl (C=O) groups excluding carboxylic acids is 1. The summed E-state index contributed by atoms with van der Waals surface area (Å²) in [5.74, 6) is -0.492. The molecule has 0 radical (unpaired) electrons. The average molecular weight is 257 g/mol. The van der Waals surface area contributed by atoms with Gasteiger partial charge in [-0.15, -0.1) is 0 Å². The van der Waals surface area contributed by atoms with Crippen LogP contribution in [0.5, 0.6) is 0 Å². The second-order valence-corrected chi connectivity index (χ2v) is 5.60. The van der Waals surface area contributed by atoms with Crippen molar-refractivity contribution in [1.82, 2.24) is 4.90 Å². The summed E-state index contributed by atoms with van der Waals surface area (Å²) in [6.45, 7) is 5.01. The van der Waals surface area contributed by atoms with Crippen molar-refractivity contribution in [2.75, 3.05) is 20.3 Å². The van der Waals surface area contributed by atoms with Gasteiger partial charge in [-0.3, -0.25) is 9.59 Å². The monoisotopic (exact) mass is 257 g/mol. The van der Waals surface area contributed by atoms with E-state index in [1.165, 1.54) is 0 Å². The molecule has 1 amide bonds. The van der Waals surface area contributed by atoms with Crippen LogP contribution in [0.4, 0.5) is 0 Å². The van der Waals surface area contributed by atoms with E-state index >= 15 is 0 Å². The lowest BCUT2D eigenvalue weighted by atomic mass is 9.93. The zero-order valence-corrected chi connectivity index (χ0v) is 11.4. The molecule has 0 aromatic carbocycles. The predicted molar refractivity (Wildman–Crippen MR) is 67.3 cm³/mol. The summed E-state index contributed by atoms with van der Waals surface area (Å²) in [4.78, 5) is 24.5. The number of carboxylic acids is 1. The normalized spacial score (nSPS) is 17.5. The first-order chi connectivity index (χ1) is 8.33. The van der Waals surface area contributed by atoms with Crippen LogP contribution in [-0.2, 0) is 14.3 Å². The standard InChI is InChI=1S/C13H23NO4/c1-13(2,9-12(16)17)14(3)11(15)8-10-4-6-18-7-5-10/h10H,4-9H2,1-3H3,(H,16,17). The van der Waals surface area contributed by atoms with E-state index in [0.717, 1.165) is 26.1 Å². The van der Waals surface area contributed by atoms with Crippen LogP contribution in [0.25, 0.3) is 0 Å². The molecule has 1 rings (SSSR count). The Morgan fingerprint density at radius 3 is 2.39 bits per heavy atom. The molecule has 1 aliphatic heterocycles. The Balaban J connectivity index is 2.51. The fourth-order valence-corrected chi connectivity index (χ4v) is 2.16. The molecule has 0 atom stereocenters. The van der Waals surface area contributed by atoms with Crippen LogP contribution < -0.4 is 0 Å². The van der Waals surface area contributed by atoms with Crippen molar-refractivity contribution in [2.45, 2.75) is 45.1 Å². The van der Waals surface area contributed by atoms with Gasteiger partial charge in [-0.05, 0) is 32.6 Å². The largest absolute Gasteiger partial charge is 0.481 e. The molecule has 18 heavy (non-hydrogen) atoms. The van der Waals surface area contributed by atoms with E-state index < -0.39 is 11.5 Å². The Morgan fingerprint density at radius 2 is 1.89 bits per heavy atom. The first-order valence-electron chi connectivity index (χ1n) is 6.39. The number of hydrogen-bond acceptors (Lipinski definition) is 3. The summed E-state index contributed by atoms with van der Waals surface area (Å²) in [6.07, 6.45) is 2.28. The molecule has 1 saturated heterocycles. The minimum absolute atomic E-state index is 0.0214. The Hall–Kier alpha value is -1.10. The molecule has 104 valence electrons. The van der Waals surface area contributed by atoms with Gasteiger partial charge in [0.15, 0.2) is 0 Å². The molecule has 1 N–H and O–H groups in total. The first kappa shape index (κ1) is 15.0. The van der Waals surface area contributed by atoms with Crippen LogP contribution >= 0.6 is 0 Å². The van der Waals surface area contributed by atoms with E-state index in [-0.39, 0.29) is 12.3 Å². The van der Waals surface area contributed by atoms with Crippen LogP contribution in [-0.4, -0.2) is 47.7 Å². The highest BCUT2D eigenvalue weighted by atomic mass is 16.5. The quantitative estimate of drug-likeness (QED) is 0.810. The van der Waals surface area contributed by atoms with Gasteiger partial charge < -0.3 is 14.7 Å². The fourth-order valence-electron chi connectivity index (χ4n) is 2.16. The molecule has 0 bridgehead atoms. The minimum Gasteiger partial charge on any atom is -0.481 e. The Kier molecular flexibility index (Phi) is 5.14. The van der Waals surface area contributed by atoms with Crippen LogP contribution in [0.2, 0.25) is 0 Å². The van der Waals surface area contributed by atoms with Gasteiger partial charge in [0.1, 0.15) is 0 Å². The van der Waals surface area contributed by atoms with Crippen molar-refractivity contribution in [1.29, 1.82) is 0 Å². The average Bonchev–Trinajstić information content (AvgIpc) is 2.27. The summed E-state index contributed by atoms with van der Waals surface area (Å²) in [6, 6.07) is 0. The highest BCUT2D eigenvalue weighted by molar-refractivity contribution is 5.78. The molecular weight excluding hydrogens is 234 g/mol. The van der Waals surface area contributed by atoms with Crippen molar-refractivity contribution in [3.63, 3.8) is 0 Å². The Labute approximate surface area is 108 Å². The van der Waals surface area contributed by atoms with Crippen LogP contribution in [0.3, 0.4) is 0 Å². The van der Waals surface area contributed by atoms with Crippen LogP contribution in [0.15, 0.2) is 0 Å². The number of aliphatic carboxylic acids is 1. The maximum Gasteiger partial charge on any atom is 0.305 e. The van der Waals surface area contributed by atoms with Crippen LogP contribution in [0.1, 0.15) is 39.5 Å². The molecule has 0 aromatic rings. The molecule has 0 spiro atoms. The number of amides is 1. The molecule has 5 nitrogen and oxygen atoms in total. The van der Waals surface area contributed by atoms with E-state index in [0.29, 0.717) is 12.3 Å². The van der Waals surface area contributed by atoms with E-state index in [2.05, 4.69) is 0 Å². The van der Waals surface area contributed by atoms with Crippen LogP contribution in [0, 0.1) is 5.92 Å². The van der Waals surface area contributed by atoms with Crippen molar-refractivity contribution in [2.24, 2.45) is 5.92 Å². The number of ether oxygens (including phenoxy) is 1. The molecule has 0 unspecified atom stereocenters. The van der Waals surface area contributed by atoms with Gasteiger partial charge >= 0.3 is 5.97 Å². The number of rotatable bonds is 5. The lowest BCUT2D eigenvalue weighted by Gasteiger charge is -2.35. The van der Waals surface area contributed by atoms with E-state index in [1.807, 2.05) is 0 Å². The maximum absolute atomic E-state index is 12.1. The first-order valence-corrected chi connectivity index (χ1v) is 6.39. The number of nitrogens with zero attached hydrogens (tertiary/aromatic N) is 1. The molecule has 1 heterocycles. The number of hydrogen-bond donors (Lipinski definition) is 1. The summed E-state index contributed by atoms with van der Waals surface area (Å²) in [5, 5.41) is 8.85. The zero-order chi connectivity index (χ0) is 13.8. The van der Waals surface area contributed by atoms with Gasteiger partial charge in [0.2, 0.25) is 5.91 Å². The molecule has 0 aromatic heterocycles. The van der Waals surface area contributed by atoms with Gasteiger partial charge in [0.05, 0.1) is 6.42 Å². The van der Waals surface area contributed by atoms with Crippen molar-refractivity contribution in [3.05, 3.63) is 0 Å². The molecule has 0 aliphatic carbocycles. The third kappa shape index (κ3) is 4.29. The van der Waals surface area contributed by atoms with E-state index in [1.54, 1.807) is 25.8 Å². The summed E-state index contributed by atoms with van der Waals surface area (Å²) in [7, 11) is 1.69. The van der Waals surface area contributed by atoms with Gasteiger partial charge in [0.25, 0.3) is 0 Å². The summed E-state index contributed by atoms with van der Waals surface area (Å²) in [5.41, 5.74) is -0.645. The van der Waals surface area contributed by atoms with E-state index in [4.69, 9.17) is 9.84 Å². The van der Waals surface area contributed by atoms with Gasteiger partial charge in [-0.25, -0.2) is 0 Å². The fraction of sp³-hybridized carbons (Fsp3) is 0.846. The van der Waals surface area contributed by atoms with E-state index in [9.17, 15) is 9.59 Å². The lowest BCUT2D eigenvalue weighted by Crippen LogP contribution is -2.47. The van der Waals surface area contributed by atoms with Crippen molar-refractivity contribution < 1.29 is 19.4 Å². The molecule has 0 saturated carbocycles. The minimum atomic E-state index is -0.884. The van der Waals surface area contributed by atoms with Crippen molar-refractivity contribution >= 4 is 11.9 Å².